The topological polar surface area (TPSA) is 68.8 Å². The van der Waals surface area contributed by atoms with Crippen molar-refractivity contribution in [3.8, 4) is 11.4 Å². The van der Waals surface area contributed by atoms with Gasteiger partial charge in [0.15, 0.2) is 5.69 Å². The van der Waals surface area contributed by atoms with E-state index < -0.39 is 0 Å². The van der Waals surface area contributed by atoms with Crippen LogP contribution in [0.15, 0.2) is 36.8 Å². The maximum atomic E-state index is 12.5. The molecule has 0 aliphatic carbocycles. The second kappa shape index (κ2) is 6.40. The zero-order valence-corrected chi connectivity index (χ0v) is 15.3. The third-order valence-electron chi connectivity index (χ3n) is 4.99. The smallest absolute Gasteiger partial charge is 0.274 e. The Morgan fingerprint density at radius 3 is 2.69 bits per heavy atom. The molecule has 4 rings (SSSR count). The van der Waals surface area contributed by atoms with Crippen LogP contribution in [0.25, 0.3) is 11.4 Å². The number of amides is 1. The standard InChI is InChI=1S/C19H22N6O/c1-13-7-17(22-23(13)3)19(26)24-10-15(11-24)12-25-14(2)8-21-18(25)16-5-4-6-20-9-16/h4-9,15H,10-12H2,1-3H3. The van der Waals surface area contributed by atoms with Crippen LogP contribution in [0.1, 0.15) is 21.9 Å². The molecule has 7 nitrogen and oxygen atoms in total. The van der Waals surface area contributed by atoms with Gasteiger partial charge in [-0.1, -0.05) is 0 Å². The maximum Gasteiger partial charge on any atom is 0.274 e. The van der Waals surface area contributed by atoms with Crippen molar-refractivity contribution in [1.29, 1.82) is 0 Å². The van der Waals surface area contributed by atoms with Crippen LogP contribution in [0, 0.1) is 19.8 Å². The molecule has 0 saturated carbocycles. The van der Waals surface area contributed by atoms with Gasteiger partial charge in [0.1, 0.15) is 5.82 Å². The first-order valence-corrected chi connectivity index (χ1v) is 8.75. The lowest BCUT2D eigenvalue weighted by Gasteiger charge is -2.39. The molecule has 1 amide bonds. The van der Waals surface area contributed by atoms with Gasteiger partial charge in [-0.3, -0.25) is 14.5 Å². The first-order valence-electron chi connectivity index (χ1n) is 8.75. The molecule has 1 aliphatic rings. The first kappa shape index (κ1) is 16.5. The molecule has 0 unspecified atom stereocenters. The highest BCUT2D eigenvalue weighted by Gasteiger charge is 2.33. The third kappa shape index (κ3) is 2.89. The number of rotatable bonds is 4. The molecule has 1 saturated heterocycles. The molecule has 0 bridgehead atoms. The van der Waals surface area contributed by atoms with Crippen LogP contribution < -0.4 is 0 Å². The number of nitrogens with zero attached hydrogens (tertiary/aromatic N) is 6. The molecule has 0 radical (unpaired) electrons. The number of aromatic nitrogens is 5. The Balaban J connectivity index is 1.43. The molecule has 134 valence electrons. The van der Waals surface area contributed by atoms with Crippen molar-refractivity contribution in [1.82, 2.24) is 29.2 Å². The number of pyridine rings is 1. The summed E-state index contributed by atoms with van der Waals surface area (Å²) in [6, 6.07) is 5.78. The molecule has 3 aromatic rings. The van der Waals surface area contributed by atoms with Crippen molar-refractivity contribution in [2.75, 3.05) is 13.1 Å². The van der Waals surface area contributed by atoms with Gasteiger partial charge in [0, 0.05) is 68.1 Å². The third-order valence-corrected chi connectivity index (χ3v) is 4.99. The summed E-state index contributed by atoms with van der Waals surface area (Å²) in [6.45, 7) is 6.35. The van der Waals surface area contributed by atoms with E-state index in [2.05, 4.69) is 26.6 Å². The van der Waals surface area contributed by atoms with E-state index in [1.807, 2.05) is 49.5 Å². The van der Waals surface area contributed by atoms with E-state index in [-0.39, 0.29) is 5.91 Å². The predicted octanol–water partition coefficient (Wildman–Crippen LogP) is 2.07. The average Bonchev–Trinajstić information content (AvgIpc) is 3.14. The van der Waals surface area contributed by atoms with E-state index in [9.17, 15) is 4.79 Å². The minimum absolute atomic E-state index is 0.0137. The van der Waals surface area contributed by atoms with Crippen LogP contribution in [0.5, 0.6) is 0 Å². The van der Waals surface area contributed by atoms with Crippen molar-refractivity contribution in [2.45, 2.75) is 20.4 Å². The quantitative estimate of drug-likeness (QED) is 0.722. The molecule has 0 N–H and O–H groups in total. The molecule has 3 aromatic heterocycles. The van der Waals surface area contributed by atoms with E-state index in [1.54, 1.807) is 10.9 Å². The van der Waals surface area contributed by atoms with Crippen molar-refractivity contribution in [2.24, 2.45) is 13.0 Å². The Labute approximate surface area is 152 Å². The van der Waals surface area contributed by atoms with Crippen molar-refractivity contribution < 1.29 is 4.79 Å². The maximum absolute atomic E-state index is 12.5. The van der Waals surface area contributed by atoms with Gasteiger partial charge in [-0.15, -0.1) is 0 Å². The molecule has 0 spiro atoms. The van der Waals surface area contributed by atoms with E-state index >= 15 is 0 Å². The summed E-state index contributed by atoms with van der Waals surface area (Å²) < 4.78 is 3.95. The van der Waals surface area contributed by atoms with Gasteiger partial charge >= 0.3 is 0 Å². The fourth-order valence-electron chi connectivity index (χ4n) is 3.35. The number of hydrogen-bond donors (Lipinski definition) is 0. The summed E-state index contributed by atoms with van der Waals surface area (Å²) >= 11 is 0. The van der Waals surface area contributed by atoms with E-state index in [0.717, 1.165) is 42.4 Å². The molecular weight excluding hydrogens is 328 g/mol. The van der Waals surface area contributed by atoms with Crippen LogP contribution >= 0.6 is 0 Å². The van der Waals surface area contributed by atoms with Gasteiger partial charge in [0.25, 0.3) is 5.91 Å². The van der Waals surface area contributed by atoms with Crippen LogP contribution in [-0.2, 0) is 13.6 Å². The summed E-state index contributed by atoms with van der Waals surface area (Å²) in [7, 11) is 1.85. The zero-order chi connectivity index (χ0) is 18.3. The van der Waals surface area contributed by atoms with E-state index in [0.29, 0.717) is 11.6 Å². The molecule has 26 heavy (non-hydrogen) atoms. The summed E-state index contributed by atoms with van der Waals surface area (Å²) in [5.74, 6) is 1.37. The van der Waals surface area contributed by atoms with Crippen LogP contribution in [0.3, 0.4) is 0 Å². The Morgan fingerprint density at radius 2 is 2.04 bits per heavy atom. The number of aryl methyl sites for hydroxylation is 3. The normalized spacial score (nSPS) is 14.5. The highest BCUT2D eigenvalue weighted by molar-refractivity contribution is 5.92. The van der Waals surface area contributed by atoms with Gasteiger partial charge in [-0.25, -0.2) is 4.98 Å². The van der Waals surface area contributed by atoms with Gasteiger partial charge in [-0.2, -0.15) is 5.10 Å². The number of carbonyl (C=O) groups is 1. The Kier molecular flexibility index (Phi) is 4.06. The predicted molar refractivity (Wildman–Crippen MR) is 97.5 cm³/mol. The average molecular weight is 350 g/mol. The van der Waals surface area contributed by atoms with Crippen molar-refractivity contribution in [3.05, 3.63) is 53.9 Å². The molecular formula is C19H22N6O. The van der Waals surface area contributed by atoms with Gasteiger partial charge in [0.05, 0.1) is 0 Å². The minimum atomic E-state index is 0.0137. The van der Waals surface area contributed by atoms with Gasteiger partial charge in [-0.05, 0) is 32.0 Å². The van der Waals surface area contributed by atoms with E-state index in [4.69, 9.17) is 0 Å². The second-order valence-electron chi connectivity index (χ2n) is 6.95. The van der Waals surface area contributed by atoms with Crippen LogP contribution in [-0.4, -0.2) is 48.2 Å². The number of hydrogen-bond acceptors (Lipinski definition) is 4. The monoisotopic (exact) mass is 350 g/mol. The Hall–Kier alpha value is -2.96. The molecule has 1 aliphatic heterocycles. The SMILES string of the molecule is Cc1cc(C(=O)N2CC(Cn3c(C)cnc3-c3cccnc3)C2)nn1C. The lowest BCUT2D eigenvalue weighted by atomic mass is 9.99. The number of imidazole rings is 1. The van der Waals surface area contributed by atoms with Gasteiger partial charge < -0.3 is 9.47 Å². The Bertz CT molecular complexity index is 917. The molecule has 4 heterocycles. The highest BCUT2D eigenvalue weighted by atomic mass is 16.2. The molecule has 1 fully saturated rings. The van der Waals surface area contributed by atoms with E-state index in [1.165, 1.54) is 0 Å². The lowest BCUT2D eigenvalue weighted by molar-refractivity contribution is 0.0462. The highest BCUT2D eigenvalue weighted by Crippen LogP contribution is 2.25. The molecule has 7 heteroatoms. The Morgan fingerprint density at radius 1 is 1.23 bits per heavy atom. The zero-order valence-electron chi connectivity index (χ0n) is 15.3. The fraction of sp³-hybridized carbons (Fsp3) is 0.368. The summed E-state index contributed by atoms with van der Waals surface area (Å²) in [6.07, 6.45) is 5.48. The minimum Gasteiger partial charge on any atom is -0.336 e. The van der Waals surface area contributed by atoms with Crippen LogP contribution in [0.4, 0.5) is 0 Å². The fourth-order valence-corrected chi connectivity index (χ4v) is 3.35. The summed E-state index contributed by atoms with van der Waals surface area (Å²) in [4.78, 5) is 23.1. The molecule has 0 atom stereocenters. The van der Waals surface area contributed by atoms with Crippen LogP contribution in [0.2, 0.25) is 0 Å². The molecule has 0 aromatic carbocycles. The summed E-state index contributed by atoms with van der Waals surface area (Å²) in [5.41, 5.74) is 3.64. The first-order chi connectivity index (χ1) is 12.5. The van der Waals surface area contributed by atoms with Gasteiger partial charge in [0.2, 0.25) is 0 Å². The summed E-state index contributed by atoms with van der Waals surface area (Å²) in [5, 5.41) is 4.29. The van der Waals surface area contributed by atoms with Crippen molar-refractivity contribution >= 4 is 5.91 Å². The van der Waals surface area contributed by atoms with Crippen molar-refractivity contribution in [3.63, 3.8) is 0 Å². The lowest BCUT2D eigenvalue weighted by Crippen LogP contribution is -2.51. The second-order valence-corrected chi connectivity index (χ2v) is 6.95. The number of likely N-dealkylation sites (tertiary alicyclic amines) is 1. The largest absolute Gasteiger partial charge is 0.336 e. The number of carbonyl (C=O) groups excluding carboxylic acids is 1.